The molecular weight excluding hydrogens is 701 g/mol. The van der Waals surface area contributed by atoms with E-state index in [1.165, 1.54) is 64.6 Å². The average Bonchev–Trinajstić information content (AvgIpc) is 3.30. The van der Waals surface area contributed by atoms with Crippen molar-refractivity contribution in [3.63, 3.8) is 0 Å². The Balaban J connectivity index is 1.16. The minimum atomic E-state index is 0.635. The van der Waals surface area contributed by atoms with E-state index in [4.69, 9.17) is 4.98 Å². The van der Waals surface area contributed by atoms with Gasteiger partial charge in [0.05, 0.1) is 22.8 Å². The number of aromatic nitrogens is 1. The topological polar surface area (TPSA) is 36.7 Å². The highest BCUT2D eigenvalue weighted by atomic mass is 14.7. The number of pyridine rings is 1. The van der Waals surface area contributed by atoms with E-state index in [1.807, 2.05) is 18.2 Å². The van der Waals surface area contributed by atoms with Crippen LogP contribution in [0.4, 0.5) is 0 Å². The van der Waals surface area contributed by atoms with Gasteiger partial charge in [-0.3, -0.25) is 0 Å². The van der Waals surface area contributed by atoms with Crippen LogP contribution in [0.3, 0.4) is 0 Å². The van der Waals surface area contributed by atoms with Gasteiger partial charge in [-0.2, -0.15) is 5.26 Å². The Labute approximate surface area is 334 Å². The maximum atomic E-state index is 10.4. The summed E-state index contributed by atoms with van der Waals surface area (Å²) in [5.41, 5.74) is 7.62. The maximum Gasteiger partial charge on any atom is 0.0998 e. The molecule has 0 radical (unpaired) electrons. The fourth-order valence-electron chi connectivity index (χ4n) is 9.62. The third kappa shape index (κ3) is 4.75. The molecule has 0 aliphatic heterocycles. The van der Waals surface area contributed by atoms with Gasteiger partial charge in [0.15, 0.2) is 0 Å². The Bertz CT molecular complexity index is 3690. The minimum Gasteiger partial charge on any atom is -0.247 e. The van der Waals surface area contributed by atoms with Crippen molar-refractivity contribution in [2.75, 3.05) is 0 Å². The van der Waals surface area contributed by atoms with Crippen molar-refractivity contribution in [3.8, 4) is 39.6 Å². The first kappa shape index (κ1) is 32.4. The van der Waals surface area contributed by atoms with Crippen LogP contribution < -0.4 is 0 Å². The molecule has 58 heavy (non-hydrogen) atoms. The molecule has 0 amide bonds. The van der Waals surface area contributed by atoms with Gasteiger partial charge in [0, 0.05) is 21.9 Å². The van der Waals surface area contributed by atoms with Crippen LogP contribution in [0, 0.1) is 11.3 Å². The van der Waals surface area contributed by atoms with Crippen molar-refractivity contribution < 1.29 is 0 Å². The lowest BCUT2D eigenvalue weighted by molar-refractivity contribution is 1.41. The van der Waals surface area contributed by atoms with Crippen LogP contribution in [0.15, 0.2) is 194 Å². The van der Waals surface area contributed by atoms with Crippen molar-refractivity contribution in [2.45, 2.75) is 0 Å². The molecule has 2 nitrogen and oxygen atoms in total. The summed E-state index contributed by atoms with van der Waals surface area (Å²) in [6.45, 7) is 0. The van der Waals surface area contributed by atoms with Crippen molar-refractivity contribution >= 4 is 86.3 Å². The predicted molar refractivity (Wildman–Crippen MR) is 245 cm³/mol. The lowest BCUT2D eigenvalue weighted by atomic mass is 9.88. The minimum absolute atomic E-state index is 0.635. The first-order valence-corrected chi connectivity index (χ1v) is 19.8. The summed E-state index contributed by atoms with van der Waals surface area (Å²) in [6, 6.07) is 72.1. The summed E-state index contributed by atoms with van der Waals surface area (Å²) in [5.74, 6) is 0. The molecule has 0 atom stereocenters. The first-order valence-electron chi connectivity index (χ1n) is 19.8. The normalized spacial score (nSPS) is 11.8. The highest BCUT2D eigenvalue weighted by Gasteiger charge is 2.19. The SMILES string of the molecule is N#Cc1ccccc1-c1cc(-c2ccc3c4ccccc4c4ccccc4c3c2)nc2c1cc(-c1ccc3c4ccccc4c4ccccc4c3c1)c1ccccc12. The molecule has 0 aliphatic rings. The molecule has 1 heterocycles. The summed E-state index contributed by atoms with van der Waals surface area (Å²) in [7, 11) is 0. The lowest BCUT2D eigenvalue weighted by Crippen LogP contribution is -1.95. The van der Waals surface area contributed by atoms with Crippen LogP contribution in [0.25, 0.3) is 120 Å². The second kappa shape index (κ2) is 12.6. The van der Waals surface area contributed by atoms with Crippen molar-refractivity contribution in [2.24, 2.45) is 0 Å². The zero-order chi connectivity index (χ0) is 38.3. The van der Waals surface area contributed by atoms with E-state index in [9.17, 15) is 5.26 Å². The summed E-state index contributed by atoms with van der Waals surface area (Å²) in [5, 5.41) is 28.6. The van der Waals surface area contributed by atoms with Crippen LogP contribution in [-0.2, 0) is 0 Å². The third-order valence-electron chi connectivity index (χ3n) is 12.3. The molecule has 12 rings (SSSR count). The van der Waals surface area contributed by atoms with Crippen molar-refractivity contribution in [3.05, 3.63) is 200 Å². The van der Waals surface area contributed by atoms with Gasteiger partial charge >= 0.3 is 0 Å². The van der Waals surface area contributed by atoms with Crippen LogP contribution in [0.1, 0.15) is 5.56 Å². The van der Waals surface area contributed by atoms with E-state index >= 15 is 0 Å². The van der Waals surface area contributed by atoms with E-state index in [2.05, 4.69) is 182 Å². The van der Waals surface area contributed by atoms with Crippen LogP contribution in [0.5, 0.6) is 0 Å². The Morgan fingerprint density at radius 1 is 0.293 bits per heavy atom. The Kier molecular flexibility index (Phi) is 7.03. The number of fused-ring (bicyclic) bond motifs is 15. The number of nitrogens with zero attached hydrogens (tertiary/aromatic N) is 2. The second-order valence-electron chi connectivity index (χ2n) is 15.3. The number of benzene rings is 11. The zero-order valence-corrected chi connectivity index (χ0v) is 31.4. The molecule has 266 valence electrons. The van der Waals surface area contributed by atoms with Gasteiger partial charge in [-0.25, -0.2) is 4.98 Å². The quantitative estimate of drug-likeness (QED) is 0.170. The van der Waals surface area contributed by atoms with Gasteiger partial charge in [0.2, 0.25) is 0 Å². The van der Waals surface area contributed by atoms with Crippen LogP contribution in [0.2, 0.25) is 0 Å². The monoisotopic (exact) mass is 732 g/mol. The molecule has 0 fully saturated rings. The molecule has 0 aliphatic carbocycles. The maximum absolute atomic E-state index is 10.4. The molecule has 0 unspecified atom stereocenters. The molecule has 0 bridgehead atoms. The number of nitriles is 1. The van der Waals surface area contributed by atoms with E-state index in [0.29, 0.717) is 5.56 Å². The molecule has 12 aromatic rings. The summed E-state index contributed by atoms with van der Waals surface area (Å²) in [6.07, 6.45) is 0. The predicted octanol–water partition coefficient (Wildman–Crippen LogP) is 15.2. The first-order chi connectivity index (χ1) is 28.7. The molecule has 11 aromatic carbocycles. The zero-order valence-electron chi connectivity index (χ0n) is 31.4. The van der Waals surface area contributed by atoms with Gasteiger partial charge < -0.3 is 0 Å². The van der Waals surface area contributed by atoms with Gasteiger partial charge in [-0.15, -0.1) is 0 Å². The van der Waals surface area contributed by atoms with Crippen molar-refractivity contribution in [1.29, 1.82) is 5.26 Å². The molecular formula is C56H32N2. The highest BCUT2D eigenvalue weighted by molar-refractivity contribution is 6.27. The lowest BCUT2D eigenvalue weighted by Gasteiger charge is -2.17. The molecule has 0 N–H and O–H groups in total. The Hall–Kier alpha value is -7.86. The third-order valence-corrected chi connectivity index (χ3v) is 12.3. The fourth-order valence-corrected chi connectivity index (χ4v) is 9.62. The summed E-state index contributed by atoms with van der Waals surface area (Å²) >= 11 is 0. The van der Waals surface area contributed by atoms with Gasteiger partial charge in [0.1, 0.15) is 0 Å². The standard InChI is InChI=1S/C56H32N2/c57-33-36-13-1-2-14-37(36)53-32-55(35-26-28-48-43-20-6-4-16-39(43)41-18-8-10-22-45(41)52(48)30-35)58-56-49-24-12-11-23-46(49)50(31-54(53)56)34-25-27-47-42-19-5-3-15-38(42)40-17-7-9-21-44(40)51(47)29-34/h1-32H. The molecule has 0 saturated heterocycles. The summed E-state index contributed by atoms with van der Waals surface area (Å²) < 4.78 is 0. The molecule has 1 aromatic heterocycles. The van der Waals surface area contributed by atoms with E-state index < -0.39 is 0 Å². The largest absolute Gasteiger partial charge is 0.247 e. The van der Waals surface area contributed by atoms with E-state index in [0.717, 1.165) is 55.2 Å². The van der Waals surface area contributed by atoms with E-state index in [-0.39, 0.29) is 0 Å². The number of hydrogen-bond donors (Lipinski definition) is 0. The van der Waals surface area contributed by atoms with Crippen LogP contribution in [-0.4, -0.2) is 4.98 Å². The van der Waals surface area contributed by atoms with Gasteiger partial charge in [0.25, 0.3) is 0 Å². The van der Waals surface area contributed by atoms with Crippen molar-refractivity contribution in [1.82, 2.24) is 4.98 Å². The number of rotatable bonds is 3. The summed E-state index contributed by atoms with van der Waals surface area (Å²) in [4.78, 5) is 5.54. The second-order valence-corrected chi connectivity index (χ2v) is 15.3. The van der Waals surface area contributed by atoms with Crippen LogP contribution >= 0.6 is 0 Å². The van der Waals surface area contributed by atoms with E-state index in [1.54, 1.807) is 0 Å². The number of hydrogen-bond acceptors (Lipinski definition) is 2. The Morgan fingerprint density at radius 2 is 0.707 bits per heavy atom. The molecule has 0 saturated carbocycles. The highest BCUT2D eigenvalue weighted by Crippen LogP contribution is 2.44. The average molecular weight is 733 g/mol. The fraction of sp³-hybridized carbons (Fsp3) is 0. The van der Waals surface area contributed by atoms with Gasteiger partial charge in [-0.1, -0.05) is 164 Å². The molecule has 2 heteroatoms. The van der Waals surface area contributed by atoms with Gasteiger partial charge in [-0.05, 0) is 117 Å². The molecule has 0 spiro atoms. The smallest absolute Gasteiger partial charge is 0.0998 e. The Morgan fingerprint density at radius 3 is 1.24 bits per heavy atom.